The van der Waals surface area contributed by atoms with E-state index in [2.05, 4.69) is 38.1 Å². The lowest BCUT2D eigenvalue weighted by Crippen LogP contribution is -2.14. The number of ether oxygens (including phenoxy) is 4. The van der Waals surface area contributed by atoms with Crippen LogP contribution in [0.3, 0.4) is 0 Å². The molecule has 0 amide bonds. The van der Waals surface area contributed by atoms with Crippen molar-refractivity contribution < 1.29 is 37.0 Å². The molecule has 2 heterocycles. The molecular weight excluding hydrogens is 1000 g/mol. The van der Waals surface area contributed by atoms with Crippen LogP contribution in [-0.4, -0.2) is 64.9 Å². The molecule has 0 radical (unpaired) electrons. The van der Waals surface area contributed by atoms with Gasteiger partial charge in [0.1, 0.15) is 23.1 Å². The Morgan fingerprint density at radius 1 is 0.538 bits per heavy atom. The number of rotatable bonds is 23. The predicted molar refractivity (Wildman–Crippen MR) is 310 cm³/mol. The number of imidazole rings is 2. The van der Waals surface area contributed by atoms with Crippen LogP contribution < -0.4 is 19.9 Å². The van der Waals surface area contributed by atoms with Crippen LogP contribution in [0.25, 0.3) is 56.2 Å². The highest BCUT2D eigenvalue weighted by Crippen LogP contribution is 2.38. The average Bonchev–Trinajstić information content (AvgIpc) is 4.09. The smallest absolute Gasteiger partial charge is 0.306 e. The van der Waals surface area contributed by atoms with Gasteiger partial charge in [-0.1, -0.05) is 109 Å². The van der Waals surface area contributed by atoms with Crippen molar-refractivity contribution in [3.8, 4) is 45.6 Å². The second kappa shape index (κ2) is 26.6. The highest BCUT2D eigenvalue weighted by atomic mass is 32.2. The molecule has 0 aliphatic carbocycles. The molecule has 14 nitrogen and oxygen atoms in total. The molecule has 3 N–H and O–H groups in total. The summed E-state index contributed by atoms with van der Waals surface area (Å²) in [7, 11) is -3.91. The molecule has 0 aliphatic rings. The molecule has 78 heavy (non-hydrogen) atoms. The normalized spacial score (nSPS) is 11.4. The number of carbonyl (C=O) groups excluding carboxylic acids is 2. The van der Waals surface area contributed by atoms with E-state index in [0.29, 0.717) is 67.3 Å². The minimum absolute atomic E-state index is 0.0690. The number of esters is 2. The number of aromatic nitrogens is 4. The summed E-state index contributed by atoms with van der Waals surface area (Å²) in [5.74, 6) is 2.26. The third-order valence-corrected chi connectivity index (χ3v) is 13.8. The molecule has 15 heteroatoms. The lowest BCUT2D eigenvalue weighted by Gasteiger charge is -2.15. The van der Waals surface area contributed by atoms with E-state index < -0.39 is 10.0 Å². The van der Waals surface area contributed by atoms with Gasteiger partial charge in [-0.15, -0.1) is 0 Å². The first kappa shape index (κ1) is 55.8. The fraction of sp³-hybridized carbons (Fsp3) is 0.270. The number of sulfonamides is 1. The van der Waals surface area contributed by atoms with Gasteiger partial charge in [-0.2, -0.15) is 0 Å². The van der Waals surface area contributed by atoms with E-state index in [0.717, 1.165) is 81.9 Å². The number of nitrogens with one attached hydrogen (secondary N) is 1. The van der Waals surface area contributed by atoms with Crippen LogP contribution in [0.1, 0.15) is 84.6 Å². The summed E-state index contributed by atoms with van der Waals surface area (Å²) in [5, 5.41) is 0. The van der Waals surface area contributed by atoms with E-state index in [1.54, 1.807) is 24.3 Å². The van der Waals surface area contributed by atoms with Gasteiger partial charge in [0.2, 0.25) is 0 Å². The van der Waals surface area contributed by atoms with Gasteiger partial charge in [0.05, 0.1) is 63.8 Å². The molecule has 7 aromatic carbocycles. The Morgan fingerprint density at radius 3 is 1.46 bits per heavy atom. The number of anilines is 2. The maximum Gasteiger partial charge on any atom is 0.306 e. The van der Waals surface area contributed by atoms with Crippen molar-refractivity contribution in [2.24, 2.45) is 0 Å². The number of nitrogens with two attached hydrogens (primary N) is 1. The Morgan fingerprint density at radius 2 is 0.987 bits per heavy atom. The molecule has 0 saturated heterocycles. The Hall–Kier alpha value is -8.43. The molecule has 0 unspecified atom stereocenters. The van der Waals surface area contributed by atoms with Crippen molar-refractivity contribution in [3.63, 3.8) is 0 Å². The Kier molecular flexibility index (Phi) is 19.0. The van der Waals surface area contributed by atoms with E-state index in [9.17, 15) is 18.0 Å². The average molecular weight is 1070 g/mol. The third-order valence-electron chi connectivity index (χ3n) is 12.5. The lowest BCUT2D eigenvalue weighted by molar-refractivity contribution is -0.148. The number of fused-ring (bicyclic) bond motifs is 2. The number of nitrogen functional groups attached to an aromatic ring is 1. The van der Waals surface area contributed by atoms with Gasteiger partial charge in [-0.3, -0.25) is 23.4 Å². The number of hydrogen-bond acceptors (Lipinski definition) is 11. The van der Waals surface area contributed by atoms with Crippen molar-refractivity contribution in [1.29, 1.82) is 0 Å². The summed E-state index contributed by atoms with van der Waals surface area (Å²) in [5.41, 5.74) is 15.1. The maximum atomic E-state index is 13.5. The maximum absolute atomic E-state index is 13.5. The van der Waals surface area contributed by atoms with Crippen molar-refractivity contribution >= 4 is 55.4 Å². The molecule has 9 aromatic rings. The molecule has 2 aromatic heterocycles. The van der Waals surface area contributed by atoms with Gasteiger partial charge in [-0.05, 0) is 127 Å². The van der Waals surface area contributed by atoms with Crippen molar-refractivity contribution in [1.82, 2.24) is 19.1 Å². The SMILES string of the molecule is CC(C)OC(=O)CCCCCOc1cc2c(cc1N)nc(-c1ccccc1)n2-c1ccccc1.Cc1cccc(S(=O)(=O)Nc2cc3nc(-c4ccccc4)n(-c4ccccc4)c3cc2OCCCCCC(=O)OC(C)C)c1. The lowest BCUT2D eigenvalue weighted by atomic mass is 10.2. The van der Waals surface area contributed by atoms with Crippen LogP contribution in [-0.2, 0) is 29.1 Å². The highest BCUT2D eigenvalue weighted by Gasteiger charge is 2.23. The van der Waals surface area contributed by atoms with E-state index in [1.165, 1.54) is 0 Å². The number of nitrogens with zero attached hydrogens (tertiary/aromatic N) is 4. The number of carbonyl (C=O) groups is 2. The van der Waals surface area contributed by atoms with Gasteiger partial charge in [0, 0.05) is 47.5 Å². The summed E-state index contributed by atoms with van der Waals surface area (Å²) >= 11 is 0. The quantitative estimate of drug-likeness (QED) is 0.0354. The van der Waals surface area contributed by atoms with Gasteiger partial charge >= 0.3 is 11.9 Å². The summed E-state index contributed by atoms with van der Waals surface area (Å²) < 4.78 is 56.6. The van der Waals surface area contributed by atoms with Gasteiger partial charge < -0.3 is 24.7 Å². The second-order valence-electron chi connectivity index (χ2n) is 19.5. The monoisotopic (exact) mass is 1070 g/mol. The minimum atomic E-state index is -3.91. The number of aryl methyl sites for hydroxylation is 1. The standard InChI is InChI=1S/C35H37N3O5S.C28H31N3O3/c1-25(2)43-34(39)20-11-6-12-21-42-33-24-32-30(23-31(33)37-44(40,41)29-19-13-14-26(3)22-29)36-35(27-15-7-4-8-16-27)38(32)28-17-9-5-10-18-28;1-20(2)34-27(32)16-10-5-11-17-33-26-19-25-24(18-23(26)29)30-28(21-12-6-3-7-13-21)31(25)22-14-8-4-9-15-22/h4-5,7-10,13-19,22-25,37H,6,11-12,20-21H2,1-3H3;3-4,6-9,12-15,18-20H,5,10-11,16-17,29H2,1-2H3. The second-order valence-corrected chi connectivity index (χ2v) is 21.2. The largest absolute Gasteiger partial charge is 0.491 e. The molecule has 404 valence electrons. The molecule has 0 fully saturated rings. The predicted octanol–water partition coefficient (Wildman–Crippen LogP) is 13.9. The van der Waals surface area contributed by atoms with Crippen LogP contribution in [0.2, 0.25) is 0 Å². The summed E-state index contributed by atoms with van der Waals surface area (Å²) in [4.78, 5) is 33.6. The first-order chi connectivity index (χ1) is 37.7. The molecule has 0 spiro atoms. The Labute approximate surface area is 457 Å². The van der Waals surface area contributed by atoms with Crippen LogP contribution in [0.5, 0.6) is 11.5 Å². The fourth-order valence-electron chi connectivity index (χ4n) is 8.88. The molecule has 0 bridgehead atoms. The van der Waals surface area contributed by atoms with Gasteiger partial charge in [0.15, 0.2) is 0 Å². The van der Waals surface area contributed by atoms with Crippen LogP contribution >= 0.6 is 0 Å². The molecule has 0 atom stereocenters. The zero-order valence-electron chi connectivity index (χ0n) is 44.9. The molecule has 0 saturated carbocycles. The van der Waals surface area contributed by atoms with E-state index >= 15 is 0 Å². The summed E-state index contributed by atoms with van der Waals surface area (Å²) in [6.07, 6.45) is 5.22. The number of unbranched alkanes of at least 4 members (excludes halogenated alkanes) is 4. The molecular formula is C63H68N6O8S. The molecule has 9 rings (SSSR count). The first-order valence-electron chi connectivity index (χ1n) is 26.6. The van der Waals surface area contributed by atoms with Gasteiger partial charge in [0.25, 0.3) is 10.0 Å². The van der Waals surface area contributed by atoms with Crippen molar-refractivity contribution in [2.45, 2.75) is 103 Å². The zero-order valence-corrected chi connectivity index (χ0v) is 45.7. The van der Waals surface area contributed by atoms with Gasteiger partial charge in [-0.25, -0.2) is 18.4 Å². The number of benzene rings is 7. The first-order valence-corrected chi connectivity index (χ1v) is 28.1. The third kappa shape index (κ3) is 14.7. The van der Waals surface area contributed by atoms with Crippen LogP contribution in [0.4, 0.5) is 11.4 Å². The van der Waals surface area contributed by atoms with E-state index in [1.807, 2.05) is 156 Å². The topological polar surface area (TPSA) is 179 Å². The van der Waals surface area contributed by atoms with Crippen molar-refractivity contribution in [3.05, 3.63) is 175 Å². The summed E-state index contributed by atoms with van der Waals surface area (Å²) in [6, 6.07) is 54.2. The van der Waals surface area contributed by atoms with Crippen LogP contribution in [0, 0.1) is 6.92 Å². The van der Waals surface area contributed by atoms with E-state index in [-0.39, 0.29) is 29.0 Å². The van der Waals surface area contributed by atoms with Crippen LogP contribution in [0.15, 0.2) is 175 Å². The number of hydrogen-bond donors (Lipinski definition) is 2. The Bertz CT molecular complexity index is 3530. The molecule has 0 aliphatic heterocycles. The zero-order chi connectivity index (χ0) is 55.0. The minimum Gasteiger partial charge on any atom is -0.491 e. The van der Waals surface area contributed by atoms with E-state index in [4.69, 9.17) is 34.6 Å². The van der Waals surface area contributed by atoms with Crippen molar-refractivity contribution in [2.75, 3.05) is 23.7 Å². The summed E-state index contributed by atoms with van der Waals surface area (Å²) in [6.45, 7) is 10.1. The number of para-hydroxylation sites is 2. The fourth-order valence-corrected chi connectivity index (χ4v) is 10.0. The Balaban J connectivity index is 0.000000213. The highest BCUT2D eigenvalue weighted by molar-refractivity contribution is 7.92.